The predicted octanol–water partition coefficient (Wildman–Crippen LogP) is 0.348. The Morgan fingerprint density at radius 2 is 2.25 bits per heavy atom. The summed E-state index contributed by atoms with van der Waals surface area (Å²) in [5.74, 6) is 0.899. The Bertz CT molecular complexity index is 237. The molecule has 0 heterocycles. The molecule has 2 bridgehead atoms. The van der Waals surface area contributed by atoms with E-state index in [0.717, 1.165) is 19.3 Å². The number of ketones is 1. The second-order valence-corrected chi connectivity index (χ2v) is 3.84. The van der Waals surface area contributed by atoms with E-state index in [4.69, 9.17) is 0 Å². The summed E-state index contributed by atoms with van der Waals surface area (Å²) in [5, 5.41) is 2.62. The summed E-state index contributed by atoms with van der Waals surface area (Å²) in [6, 6.07) is 0. The van der Waals surface area contributed by atoms with Crippen LogP contribution in [0.25, 0.3) is 0 Å². The number of Topliss-reactive ketones (excluding diaryl/α,β-unsaturated/α-hetero) is 1. The molecular weight excluding hydrogens is 154 g/mol. The van der Waals surface area contributed by atoms with E-state index < -0.39 is 0 Å². The van der Waals surface area contributed by atoms with Crippen molar-refractivity contribution in [3.05, 3.63) is 0 Å². The third-order valence-corrected chi connectivity index (χ3v) is 3.15. The van der Waals surface area contributed by atoms with E-state index in [1.807, 2.05) is 0 Å². The topological polar surface area (TPSA) is 46.2 Å². The van der Waals surface area contributed by atoms with E-state index >= 15 is 0 Å². The van der Waals surface area contributed by atoms with E-state index in [-0.39, 0.29) is 17.7 Å². The fraction of sp³-hybridized carbons (Fsp3) is 0.778. The summed E-state index contributed by atoms with van der Waals surface area (Å²) < 4.78 is 0. The lowest BCUT2D eigenvalue weighted by Crippen LogP contribution is -2.34. The van der Waals surface area contributed by atoms with Crippen molar-refractivity contribution in [2.45, 2.75) is 19.3 Å². The molecule has 66 valence electrons. The van der Waals surface area contributed by atoms with Crippen LogP contribution in [0.4, 0.5) is 0 Å². The molecular formula is C9H13NO2. The highest BCUT2D eigenvalue weighted by Crippen LogP contribution is 2.46. The molecule has 2 aliphatic rings. The second kappa shape index (κ2) is 2.57. The molecule has 2 rings (SSSR count). The number of carbonyl (C=O) groups excluding carboxylic acids is 2. The second-order valence-electron chi connectivity index (χ2n) is 3.84. The third-order valence-electron chi connectivity index (χ3n) is 3.15. The Morgan fingerprint density at radius 3 is 2.75 bits per heavy atom. The van der Waals surface area contributed by atoms with Gasteiger partial charge in [-0.25, -0.2) is 0 Å². The highest BCUT2D eigenvalue weighted by Gasteiger charge is 2.48. The van der Waals surface area contributed by atoms with Gasteiger partial charge in [0.2, 0.25) is 5.91 Å². The van der Waals surface area contributed by atoms with Crippen molar-refractivity contribution in [2.24, 2.45) is 17.8 Å². The Balaban J connectivity index is 2.12. The lowest BCUT2D eigenvalue weighted by atomic mass is 9.87. The SMILES string of the molecule is CNC(=O)[C@H]1C[C@@H]2CC(=O)[C@H]1C2. The first-order chi connectivity index (χ1) is 5.72. The van der Waals surface area contributed by atoms with E-state index in [1.54, 1.807) is 7.05 Å². The summed E-state index contributed by atoms with van der Waals surface area (Å²) in [6.45, 7) is 0. The molecule has 2 fully saturated rings. The van der Waals surface area contributed by atoms with Gasteiger partial charge in [-0.3, -0.25) is 9.59 Å². The van der Waals surface area contributed by atoms with Crippen molar-refractivity contribution < 1.29 is 9.59 Å². The zero-order valence-electron chi connectivity index (χ0n) is 7.17. The quantitative estimate of drug-likeness (QED) is 0.612. The minimum absolute atomic E-state index is 0.0127. The van der Waals surface area contributed by atoms with E-state index in [0.29, 0.717) is 11.7 Å². The number of carbonyl (C=O) groups is 2. The summed E-state index contributed by atoms with van der Waals surface area (Å²) in [5.41, 5.74) is 0. The highest BCUT2D eigenvalue weighted by molar-refractivity contribution is 5.91. The van der Waals surface area contributed by atoms with Crippen molar-refractivity contribution in [3.8, 4) is 0 Å². The maximum absolute atomic E-state index is 11.3. The van der Waals surface area contributed by atoms with Crippen LogP contribution in [0.5, 0.6) is 0 Å². The maximum Gasteiger partial charge on any atom is 0.223 e. The monoisotopic (exact) mass is 167 g/mol. The number of rotatable bonds is 1. The zero-order chi connectivity index (χ0) is 8.72. The third kappa shape index (κ3) is 0.958. The van der Waals surface area contributed by atoms with Crippen molar-refractivity contribution in [1.82, 2.24) is 5.32 Å². The molecule has 0 aromatic carbocycles. The average Bonchev–Trinajstić information content (AvgIpc) is 2.60. The molecule has 0 saturated heterocycles. The maximum atomic E-state index is 11.3. The van der Waals surface area contributed by atoms with Crippen LogP contribution in [-0.4, -0.2) is 18.7 Å². The van der Waals surface area contributed by atoms with Crippen LogP contribution < -0.4 is 5.32 Å². The standard InChI is InChI=1S/C9H13NO2/c1-10-9(12)7-3-5-2-6(7)8(11)4-5/h5-7H,2-4H2,1H3,(H,10,12)/t5-,6+,7+/m1/s1. The van der Waals surface area contributed by atoms with Gasteiger partial charge in [0.15, 0.2) is 0 Å². The molecule has 3 heteroatoms. The fourth-order valence-corrected chi connectivity index (χ4v) is 2.58. The Kier molecular flexibility index (Phi) is 1.67. The molecule has 2 aliphatic carbocycles. The number of fused-ring (bicyclic) bond motifs is 2. The summed E-state index contributed by atoms with van der Waals surface area (Å²) in [6.07, 6.45) is 2.60. The number of amides is 1. The molecule has 3 atom stereocenters. The largest absolute Gasteiger partial charge is 0.359 e. The normalized spacial score (nSPS) is 38.8. The van der Waals surface area contributed by atoms with Crippen molar-refractivity contribution in [1.29, 1.82) is 0 Å². The molecule has 3 nitrogen and oxygen atoms in total. The average molecular weight is 167 g/mol. The molecule has 12 heavy (non-hydrogen) atoms. The van der Waals surface area contributed by atoms with Crippen LogP contribution in [0, 0.1) is 17.8 Å². The van der Waals surface area contributed by atoms with Gasteiger partial charge in [0.1, 0.15) is 5.78 Å². The smallest absolute Gasteiger partial charge is 0.223 e. The van der Waals surface area contributed by atoms with Crippen molar-refractivity contribution >= 4 is 11.7 Å². The number of hydrogen-bond acceptors (Lipinski definition) is 2. The van der Waals surface area contributed by atoms with Gasteiger partial charge in [0, 0.05) is 25.3 Å². The Hall–Kier alpha value is -0.860. The molecule has 0 aromatic heterocycles. The summed E-state index contributed by atoms with van der Waals surface area (Å²) in [7, 11) is 1.64. The van der Waals surface area contributed by atoms with Gasteiger partial charge in [-0.15, -0.1) is 0 Å². The predicted molar refractivity (Wildman–Crippen MR) is 43.4 cm³/mol. The zero-order valence-corrected chi connectivity index (χ0v) is 7.17. The molecule has 0 radical (unpaired) electrons. The minimum Gasteiger partial charge on any atom is -0.359 e. The minimum atomic E-state index is -0.0127. The van der Waals surface area contributed by atoms with Gasteiger partial charge in [-0.2, -0.15) is 0 Å². The Labute approximate surface area is 71.5 Å². The van der Waals surface area contributed by atoms with Crippen LogP contribution in [0.15, 0.2) is 0 Å². The van der Waals surface area contributed by atoms with Crippen molar-refractivity contribution in [2.75, 3.05) is 7.05 Å². The molecule has 2 saturated carbocycles. The van der Waals surface area contributed by atoms with Crippen LogP contribution in [0.2, 0.25) is 0 Å². The van der Waals surface area contributed by atoms with Gasteiger partial charge in [-0.05, 0) is 18.8 Å². The van der Waals surface area contributed by atoms with Crippen LogP contribution >= 0.6 is 0 Å². The number of hydrogen-bond donors (Lipinski definition) is 1. The summed E-state index contributed by atoms with van der Waals surface area (Å²) in [4.78, 5) is 22.6. The molecule has 0 spiro atoms. The van der Waals surface area contributed by atoms with Crippen LogP contribution in [0.1, 0.15) is 19.3 Å². The van der Waals surface area contributed by atoms with E-state index in [1.165, 1.54) is 0 Å². The van der Waals surface area contributed by atoms with Crippen molar-refractivity contribution in [3.63, 3.8) is 0 Å². The first kappa shape index (κ1) is 7.77. The summed E-state index contributed by atoms with van der Waals surface area (Å²) >= 11 is 0. The lowest BCUT2D eigenvalue weighted by Gasteiger charge is -2.18. The van der Waals surface area contributed by atoms with Gasteiger partial charge in [-0.1, -0.05) is 0 Å². The Morgan fingerprint density at radius 1 is 1.50 bits per heavy atom. The van der Waals surface area contributed by atoms with Gasteiger partial charge in [0.05, 0.1) is 0 Å². The molecule has 0 aromatic rings. The van der Waals surface area contributed by atoms with E-state index in [2.05, 4.69) is 5.32 Å². The van der Waals surface area contributed by atoms with Gasteiger partial charge >= 0.3 is 0 Å². The number of nitrogens with one attached hydrogen (secondary N) is 1. The molecule has 0 aliphatic heterocycles. The van der Waals surface area contributed by atoms with Gasteiger partial charge in [0.25, 0.3) is 0 Å². The molecule has 1 N–H and O–H groups in total. The molecule has 0 unspecified atom stereocenters. The van der Waals surface area contributed by atoms with Gasteiger partial charge < -0.3 is 5.32 Å². The first-order valence-electron chi connectivity index (χ1n) is 4.46. The molecule has 1 amide bonds. The highest BCUT2D eigenvalue weighted by atomic mass is 16.2. The van der Waals surface area contributed by atoms with Crippen LogP contribution in [-0.2, 0) is 9.59 Å². The van der Waals surface area contributed by atoms with E-state index in [9.17, 15) is 9.59 Å². The fourth-order valence-electron chi connectivity index (χ4n) is 2.58. The van der Waals surface area contributed by atoms with Crippen LogP contribution in [0.3, 0.4) is 0 Å². The first-order valence-corrected chi connectivity index (χ1v) is 4.46. The lowest BCUT2D eigenvalue weighted by molar-refractivity contribution is -0.132.